The Labute approximate surface area is 160 Å². The smallest absolute Gasteiger partial charge is 0.326 e. The summed E-state index contributed by atoms with van der Waals surface area (Å²) in [6.45, 7) is 4.28. The van der Waals surface area contributed by atoms with Crippen LogP contribution in [0.1, 0.15) is 17.3 Å². The number of hydrogen-bond donors (Lipinski definition) is 0. The Morgan fingerprint density at radius 1 is 1.29 bits per heavy atom. The molecule has 0 aliphatic carbocycles. The summed E-state index contributed by atoms with van der Waals surface area (Å²) in [6, 6.07) is 10.7. The Morgan fingerprint density at radius 2 is 2.00 bits per heavy atom. The number of amides is 1. The van der Waals surface area contributed by atoms with Gasteiger partial charge in [0.15, 0.2) is 5.65 Å². The van der Waals surface area contributed by atoms with Crippen LogP contribution < -0.4 is 0 Å². The summed E-state index contributed by atoms with van der Waals surface area (Å²) < 4.78 is 40.5. The first kappa shape index (κ1) is 19.6. The van der Waals surface area contributed by atoms with E-state index in [0.717, 1.165) is 10.5 Å². The summed E-state index contributed by atoms with van der Waals surface area (Å²) in [4.78, 5) is 18.3. The topological polar surface area (TPSA) is 51.0 Å². The lowest BCUT2D eigenvalue weighted by Crippen LogP contribution is -2.39. The molecular formula is C20H19F3N4O. The molecule has 0 spiro atoms. The standard InChI is InChI=1S/C20H19F3N4O/c1-3-10-26(13-20(21,22)23)19(28)15-11-17(14-8-6-5-7-9-14)25-18-16(15)12-24-27(18)4-2/h3,5-9,11-12H,1,4,10,13H2,2H3. The van der Waals surface area contributed by atoms with Crippen molar-refractivity contribution >= 4 is 16.9 Å². The molecule has 28 heavy (non-hydrogen) atoms. The molecule has 2 heterocycles. The number of pyridine rings is 1. The van der Waals surface area contributed by atoms with Crippen molar-refractivity contribution in [2.24, 2.45) is 0 Å². The lowest BCUT2D eigenvalue weighted by molar-refractivity contribution is -0.139. The highest BCUT2D eigenvalue weighted by Crippen LogP contribution is 2.27. The van der Waals surface area contributed by atoms with Crippen molar-refractivity contribution in [1.29, 1.82) is 0 Å². The lowest BCUT2D eigenvalue weighted by atomic mass is 10.1. The molecule has 3 rings (SSSR count). The second-order valence-electron chi connectivity index (χ2n) is 6.21. The van der Waals surface area contributed by atoms with Crippen LogP contribution in [0.15, 0.2) is 55.3 Å². The molecule has 0 saturated heterocycles. The molecule has 2 aromatic heterocycles. The minimum atomic E-state index is -4.51. The quantitative estimate of drug-likeness (QED) is 0.592. The van der Waals surface area contributed by atoms with Crippen LogP contribution in [0.3, 0.4) is 0 Å². The number of hydrogen-bond acceptors (Lipinski definition) is 3. The van der Waals surface area contributed by atoms with Crippen molar-refractivity contribution in [2.75, 3.05) is 13.1 Å². The first-order valence-electron chi connectivity index (χ1n) is 8.73. The van der Waals surface area contributed by atoms with Crippen molar-refractivity contribution in [2.45, 2.75) is 19.6 Å². The van der Waals surface area contributed by atoms with E-state index in [1.807, 2.05) is 37.3 Å². The highest BCUT2D eigenvalue weighted by Gasteiger charge is 2.33. The van der Waals surface area contributed by atoms with Gasteiger partial charge in [0.1, 0.15) is 6.54 Å². The van der Waals surface area contributed by atoms with E-state index in [1.54, 1.807) is 4.68 Å². The maximum atomic E-state index is 13.0. The van der Waals surface area contributed by atoms with E-state index in [-0.39, 0.29) is 12.1 Å². The average molecular weight is 388 g/mol. The second-order valence-corrected chi connectivity index (χ2v) is 6.21. The number of carbonyl (C=O) groups is 1. The average Bonchev–Trinajstić information content (AvgIpc) is 3.09. The number of halogens is 3. The number of aromatic nitrogens is 3. The van der Waals surface area contributed by atoms with E-state index < -0.39 is 18.6 Å². The van der Waals surface area contributed by atoms with Gasteiger partial charge < -0.3 is 4.90 Å². The molecule has 0 saturated carbocycles. The van der Waals surface area contributed by atoms with Gasteiger partial charge in [-0.15, -0.1) is 6.58 Å². The second kappa shape index (κ2) is 7.84. The lowest BCUT2D eigenvalue weighted by Gasteiger charge is -2.23. The van der Waals surface area contributed by atoms with Crippen LogP contribution in [0.4, 0.5) is 13.2 Å². The highest BCUT2D eigenvalue weighted by atomic mass is 19.4. The summed E-state index contributed by atoms with van der Waals surface area (Å²) in [5.41, 5.74) is 1.85. The van der Waals surface area contributed by atoms with Crippen LogP contribution in [0.5, 0.6) is 0 Å². The molecule has 0 bridgehead atoms. The largest absolute Gasteiger partial charge is 0.406 e. The number of nitrogens with zero attached hydrogens (tertiary/aromatic N) is 4. The number of aryl methyl sites for hydroxylation is 1. The summed E-state index contributed by atoms with van der Waals surface area (Å²) in [7, 11) is 0. The monoisotopic (exact) mass is 388 g/mol. The van der Waals surface area contributed by atoms with E-state index >= 15 is 0 Å². The summed E-state index contributed by atoms with van der Waals surface area (Å²) in [6.07, 6.45) is -1.77. The molecule has 1 aromatic carbocycles. The van der Waals surface area contributed by atoms with Gasteiger partial charge in [-0.25, -0.2) is 9.67 Å². The third-order valence-electron chi connectivity index (χ3n) is 4.22. The van der Waals surface area contributed by atoms with E-state index in [2.05, 4.69) is 16.7 Å². The molecule has 0 radical (unpaired) electrons. The van der Waals surface area contributed by atoms with Gasteiger partial charge in [0.2, 0.25) is 0 Å². The molecule has 1 amide bonds. The maximum absolute atomic E-state index is 13.0. The number of fused-ring (bicyclic) bond motifs is 1. The maximum Gasteiger partial charge on any atom is 0.406 e. The third kappa shape index (κ3) is 4.05. The minimum absolute atomic E-state index is 0.134. The van der Waals surface area contributed by atoms with E-state index in [9.17, 15) is 18.0 Å². The minimum Gasteiger partial charge on any atom is -0.326 e. The van der Waals surface area contributed by atoms with Crippen molar-refractivity contribution in [1.82, 2.24) is 19.7 Å². The van der Waals surface area contributed by atoms with Gasteiger partial charge in [0, 0.05) is 18.7 Å². The zero-order chi connectivity index (χ0) is 20.3. The molecule has 0 fully saturated rings. The first-order chi connectivity index (χ1) is 13.3. The highest BCUT2D eigenvalue weighted by molar-refractivity contribution is 6.06. The zero-order valence-electron chi connectivity index (χ0n) is 15.3. The van der Waals surface area contributed by atoms with Gasteiger partial charge in [0.05, 0.1) is 22.8 Å². The summed E-state index contributed by atoms with van der Waals surface area (Å²) in [5.74, 6) is -0.738. The Hall–Kier alpha value is -3.16. The molecule has 8 heteroatoms. The van der Waals surface area contributed by atoms with Gasteiger partial charge in [0.25, 0.3) is 5.91 Å². The molecule has 146 valence electrons. The van der Waals surface area contributed by atoms with Crippen LogP contribution in [0, 0.1) is 0 Å². The van der Waals surface area contributed by atoms with E-state index in [1.165, 1.54) is 18.3 Å². The third-order valence-corrected chi connectivity index (χ3v) is 4.22. The molecule has 5 nitrogen and oxygen atoms in total. The molecule has 0 aliphatic rings. The van der Waals surface area contributed by atoms with Gasteiger partial charge in [-0.05, 0) is 13.0 Å². The van der Waals surface area contributed by atoms with Gasteiger partial charge in [-0.1, -0.05) is 36.4 Å². The molecule has 3 aromatic rings. The summed E-state index contributed by atoms with van der Waals surface area (Å²) in [5, 5.41) is 4.63. The Bertz CT molecular complexity index is 996. The van der Waals surface area contributed by atoms with Crippen molar-refractivity contribution in [3.05, 3.63) is 60.8 Å². The van der Waals surface area contributed by atoms with Crippen LogP contribution in [0.2, 0.25) is 0 Å². The zero-order valence-corrected chi connectivity index (χ0v) is 15.3. The molecule has 0 atom stereocenters. The number of rotatable bonds is 6. The number of carbonyl (C=O) groups excluding carboxylic acids is 1. The van der Waals surface area contributed by atoms with Crippen molar-refractivity contribution in [3.8, 4) is 11.3 Å². The fraction of sp³-hybridized carbons (Fsp3) is 0.250. The molecule has 0 N–H and O–H groups in total. The van der Waals surface area contributed by atoms with Gasteiger partial charge >= 0.3 is 6.18 Å². The Balaban J connectivity index is 2.16. The van der Waals surface area contributed by atoms with E-state index in [0.29, 0.717) is 23.3 Å². The SMILES string of the molecule is C=CCN(CC(F)(F)F)C(=O)c1cc(-c2ccccc2)nc2c1cnn2CC. The van der Waals surface area contributed by atoms with Gasteiger partial charge in [-0.2, -0.15) is 18.3 Å². The normalized spacial score (nSPS) is 11.6. The molecule has 0 aliphatic heterocycles. The number of benzene rings is 1. The summed E-state index contributed by atoms with van der Waals surface area (Å²) >= 11 is 0. The molecular weight excluding hydrogens is 369 g/mol. The predicted octanol–water partition coefficient (Wildman–Crippen LogP) is 4.31. The van der Waals surface area contributed by atoms with Crippen LogP contribution >= 0.6 is 0 Å². The molecule has 0 unspecified atom stereocenters. The number of alkyl halides is 3. The van der Waals surface area contributed by atoms with Crippen LogP contribution in [0.25, 0.3) is 22.3 Å². The fourth-order valence-electron chi connectivity index (χ4n) is 2.97. The van der Waals surface area contributed by atoms with Crippen LogP contribution in [-0.4, -0.2) is 44.8 Å². The van der Waals surface area contributed by atoms with Crippen molar-refractivity contribution in [3.63, 3.8) is 0 Å². The first-order valence-corrected chi connectivity index (χ1v) is 8.73. The van der Waals surface area contributed by atoms with Gasteiger partial charge in [-0.3, -0.25) is 4.79 Å². The Morgan fingerprint density at radius 3 is 2.61 bits per heavy atom. The fourth-order valence-corrected chi connectivity index (χ4v) is 2.97. The predicted molar refractivity (Wildman–Crippen MR) is 101 cm³/mol. The van der Waals surface area contributed by atoms with Crippen molar-refractivity contribution < 1.29 is 18.0 Å². The van der Waals surface area contributed by atoms with E-state index in [4.69, 9.17) is 0 Å². The Kier molecular flexibility index (Phi) is 5.48. The van der Waals surface area contributed by atoms with Crippen LogP contribution in [-0.2, 0) is 6.54 Å².